The van der Waals surface area contributed by atoms with Crippen molar-refractivity contribution in [1.82, 2.24) is 0 Å². The summed E-state index contributed by atoms with van der Waals surface area (Å²) >= 11 is 0. The van der Waals surface area contributed by atoms with Gasteiger partial charge in [0.25, 0.3) is 0 Å². The van der Waals surface area contributed by atoms with Gasteiger partial charge in [-0.3, -0.25) is 0 Å². The van der Waals surface area contributed by atoms with Crippen LogP contribution in [0.5, 0.6) is 0 Å². The number of nitrogens with two attached hydrogens (primary N) is 1. The standard InChI is InChI=1S/C16H27N/c1-3-5-11-15(4-2)16(17)13-12-14-9-7-6-8-10-14/h6-10,15-16H,3-5,11-13,17H2,1-2H3. The van der Waals surface area contributed by atoms with Gasteiger partial charge in [-0.2, -0.15) is 0 Å². The average Bonchev–Trinajstić information content (AvgIpc) is 2.38. The Kier molecular flexibility index (Phi) is 6.95. The zero-order valence-corrected chi connectivity index (χ0v) is 11.4. The summed E-state index contributed by atoms with van der Waals surface area (Å²) in [5, 5.41) is 0. The summed E-state index contributed by atoms with van der Waals surface area (Å²) in [5.41, 5.74) is 7.73. The summed E-state index contributed by atoms with van der Waals surface area (Å²) in [5.74, 6) is 0.707. The normalized spacial score (nSPS) is 14.5. The van der Waals surface area contributed by atoms with Gasteiger partial charge in [-0.1, -0.05) is 63.4 Å². The smallest absolute Gasteiger partial charge is 0.00702 e. The molecule has 0 saturated heterocycles. The molecule has 96 valence electrons. The third-order valence-electron chi connectivity index (χ3n) is 3.67. The van der Waals surface area contributed by atoms with Crippen molar-refractivity contribution in [3.63, 3.8) is 0 Å². The van der Waals surface area contributed by atoms with Crippen molar-refractivity contribution in [2.24, 2.45) is 11.7 Å². The molecule has 1 aromatic rings. The molecule has 1 rings (SSSR count). The van der Waals surface area contributed by atoms with Crippen molar-refractivity contribution in [3.8, 4) is 0 Å². The molecule has 0 aliphatic heterocycles. The SMILES string of the molecule is CCCCC(CC)C(N)CCc1ccccc1. The Balaban J connectivity index is 2.34. The molecule has 2 atom stereocenters. The highest BCUT2D eigenvalue weighted by Gasteiger charge is 2.14. The van der Waals surface area contributed by atoms with Crippen molar-refractivity contribution in [1.29, 1.82) is 0 Å². The fourth-order valence-corrected chi connectivity index (χ4v) is 2.40. The van der Waals surface area contributed by atoms with E-state index in [1.165, 1.54) is 31.2 Å². The van der Waals surface area contributed by atoms with Gasteiger partial charge in [0.15, 0.2) is 0 Å². The quantitative estimate of drug-likeness (QED) is 0.716. The van der Waals surface area contributed by atoms with E-state index in [-0.39, 0.29) is 0 Å². The minimum absolute atomic E-state index is 0.367. The van der Waals surface area contributed by atoms with Crippen molar-refractivity contribution in [2.75, 3.05) is 0 Å². The monoisotopic (exact) mass is 233 g/mol. The molecule has 0 aliphatic carbocycles. The molecule has 0 bridgehead atoms. The lowest BCUT2D eigenvalue weighted by Gasteiger charge is -2.22. The van der Waals surface area contributed by atoms with E-state index in [0.29, 0.717) is 12.0 Å². The van der Waals surface area contributed by atoms with Crippen LogP contribution in [0.1, 0.15) is 51.5 Å². The maximum Gasteiger partial charge on any atom is 0.00702 e. The molecular formula is C16H27N. The molecule has 0 fully saturated rings. The van der Waals surface area contributed by atoms with Crippen molar-refractivity contribution >= 4 is 0 Å². The van der Waals surface area contributed by atoms with Crippen LogP contribution in [0, 0.1) is 5.92 Å². The van der Waals surface area contributed by atoms with Gasteiger partial charge < -0.3 is 5.73 Å². The van der Waals surface area contributed by atoms with E-state index in [2.05, 4.69) is 44.2 Å². The molecular weight excluding hydrogens is 206 g/mol. The molecule has 1 nitrogen and oxygen atoms in total. The number of rotatable bonds is 8. The van der Waals surface area contributed by atoms with Crippen LogP contribution in [0.25, 0.3) is 0 Å². The maximum atomic E-state index is 6.32. The van der Waals surface area contributed by atoms with E-state index in [1.807, 2.05) is 0 Å². The predicted octanol–water partition coefficient (Wildman–Crippen LogP) is 4.16. The first-order valence-electron chi connectivity index (χ1n) is 7.07. The van der Waals surface area contributed by atoms with Crippen molar-refractivity contribution < 1.29 is 0 Å². The van der Waals surface area contributed by atoms with Crippen LogP contribution in [0.4, 0.5) is 0 Å². The largest absolute Gasteiger partial charge is 0.327 e. The Morgan fingerprint density at radius 1 is 1.06 bits per heavy atom. The summed E-state index contributed by atoms with van der Waals surface area (Å²) in [4.78, 5) is 0. The maximum absolute atomic E-state index is 6.32. The molecule has 0 radical (unpaired) electrons. The van der Waals surface area contributed by atoms with Gasteiger partial charge in [0.2, 0.25) is 0 Å². The molecule has 0 aromatic heterocycles. The Hall–Kier alpha value is -0.820. The minimum atomic E-state index is 0.367. The van der Waals surface area contributed by atoms with E-state index >= 15 is 0 Å². The van der Waals surface area contributed by atoms with Crippen LogP contribution >= 0.6 is 0 Å². The average molecular weight is 233 g/mol. The van der Waals surface area contributed by atoms with E-state index in [0.717, 1.165) is 12.8 Å². The highest BCUT2D eigenvalue weighted by Crippen LogP contribution is 2.19. The van der Waals surface area contributed by atoms with Gasteiger partial charge in [0, 0.05) is 6.04 Å². The second-order valence-corrected chi connectivity index (χ2v) is 5.00. The summed E-state index contributed by atoms with van der Waals surface area (Å²) in [6.07, 6.45) is 7.34. The lowest BCUT2D eigenvalue weighted by molar-refractivity contribution is 0.356. The fourth-order valence-electron chi connectivity index (χ4n) is 2.40. The topological polar surface area (TPSA) is 26.0 Å². The van der Waals surface area contributed by atoms with Crippen molar-refractivity contribution in [2.45, 2.75) is 58.4 Å². The Labute approximate surface area is 106 Å². The summed E-state index contributed by atoms with van der Waals surface area (Å²) in [6, 6.07) is 11.0. The van der Waals surface area contributed by atoms with E-state index in [9.17, 15) is 0 Å². The van der Waals surface area contributed by atoms with E-state index < -0.39 is 0 Å². The Bertz CT molecular complexity index is 281. The Morgan fingerprint density at radius 3 is 2.35 bits per heavy atom. The molecule has 1 aromatic carbocycles. The number of benzene rings is 1. The van der Waals surface area contributed by atoms with Gasteiger partial charge in [-0.15, -0.1) is 0 Å². The summed E-state index contributed by atoms with van der Waals surface area (Å²) in [6.45, 7) is 4.52. The lowest BCUT2D eigenvalue weighted by Crippen LogP contribution is -2.30. The van der Waals surface area contributed by atoms with Crippen molar-refractivity contribution in [3.05, 3.63) is 35.9 Å². The zero-order chi connectivity index (χ0) is 12.5. The molecule has 0 spiro atoms. The van der Waals surface area contributed by atoms with E-state index in [4.69, 9.17) is 5.73 Å². The lowest BCUT2D eigenvalue weighted by atomic mass is 9.88. The number of unbranched alkanes of at least 4 members (excludes halogenated alkanes) is 1. The first-order valence-corrected chi connectivity index (χ1v) is 7.07. The van der Waals surface area contributed by atoms with Gasteiger partial charge in [0.05, 0.1) is 0 Å². The second kappa shape index (κ2) is 8.30. The molecule has 0 amide bonds. The third-order valence-corrected chi connectivity index (χ3v) is 3.67. The van der Waals surface area contributed by atoms with Crippen LogP contribution in [-0.2, 0) is 6.42 Å². The molecule has 2 N–H and O–H groups in total. The fraction of sp³-hybridized carbons (Fsp3) is 0.625. The molecule has 0 heterocycles. The predicted molar refractivity (Wildman–Crippen MR) is 76.0 cm³/mol. The molecule has 17 heavy (non-hydrogen) atoms. The second-order valence-electron chi connectivity index (χ2n) is 5.00. The molecule has 0 aliphatic rings. The van der Waals surface area contributed by atoms with Gasteiger partial charge in [-0.05, 0) is 30.7 Å². The first kappa shape index (κ1) is 14.2. The van der Waals surface area contributed by atoms with Crippen LogP contribution < -0.4 is 5.73 Å². The molecule has 1 heteroatoms. The van der Waals surface area contributed by atoms with Crippen LogP contribution in [0.2, 0.25) is 0 Å². The van der Waals surface area contributed by atoms with E-state index in [1.54, 1.807) is 0 Å². The number of hydrogen-bond donors (Lipinski definition) is 1. The highest BCUT2D eigenvalue weighted by molar-refractivity contribution is 5.14. The van der Waals surface area contributed by atoms with Crippen LogP contribution in [0.3, 0.4) is 0 Å². The van der Waals surface area contributed by atoms with Gasteiger partial charge >= 0.3 is 0 Å². The molecule has 2 unspecified atom stereocenters. The molecule has 0 saturated carbocycles. The van der Waals surface area contributed by atoms with Gasteiger partial charge in [-0.25, -0.2) is 0 Å². The van der Waals surface area contributed by atoms with Crippen LogP contribution in [-0.4, -0.2) is 6.04 Å². The summed E-state index contributed by atoms with van der Waals surface area (Å²) in [7, 11) is 0. The highest BCUT2D eigenvalue weighted by atomic mass is 14.6. The van der Waals surface area contributed by atoms with Gasteiger partial charge in [0.1, 0.15) is 0 Å². The van der Waals surface area contributed by atoms with Crippen LogP contribution in [0.15, 0.2) is 30.3 Å². The third kappa shape index (κ3) is 5.36. The first-order chi connectivity index (χ1) is 8.27. The minimum Gasteiger partial charge on any atom is -0.327 e. The Morgan fingerprint density at radius 2 is 1.76 bits per heavy atom. The zero-order valence-electron chi connectivity index (χ0n) is 11.4. The number of hydrogen-bond acceptors (Lipinski definition) is 1. The summed E-state index contributed by atoms with van der Waals surface area (Å²) < 4.78 is 0. The number of aryl methyl sites for hydroxylation is 1.